The number of halogens is 1. The van der Waals surface area contributed by atoms with E-state index in [4.69, 9.17) is 21.1 Å². The molecule has 0 spiro atoms. The predicted molar refractivity (Wildman–Crippen MR) is 122 cm³/mol. The zero-order valence-corrected chi connectivity index (χ0v) is 18.3. The molecule has 0 saturated heterocycles. The van der Waals surface area contributed by atoms with Crippen molar-refractivity contribution in [3.63, 3.8) is 0 Å². The Labute approximate surface area is 188 Å². The normalized spacial score (nSPS) is 10.9. The fraction of sp³-hybridized carbons (Fsp3) is 0.125. The van der Waals surface area contributed by atoms with E-state index in [0.717, 1.165) is 10.9 Å². The lowest BCUT2D eigenvalue weighted by atomic mass is 10.1. The lowest BCUT2D eigenvalue weighted by Gasteiger charge is -2.11. The Morgan fingerprint density at radius 1 is 0.938 bits per heavy atom. The average molecular weight is 451 g/mol. The zero-order chi connectivity index (χ0) is 23.0. The van der Waals surface area contributed by atoms with E-state index in [1.54, 1.807) is 36.5 Å². The SMILES string of the molecule is COC(=O)c1c(C(=O)OC)c2c3ccccc3ccn2c1C(=O)Nc1cc(Cl)ccc1C. The molecule has 0 saturated carbocycles. The minimum Gasteiger partial charge on any atom is -0.465 e. The minimum atomic E-state index is -0.828. The fourth-order valence-electron chi connectivity index (χ4n) is 3.75. The van der Waals surface area contributed by atoms with Gasteiger partial charge in [0.1, 0.15) is 16.8 Å². The monoisotopic (exact) mass is 450 g/mol. The molecule has 1 N–H and O–H groups in total. The number of anilines is 1. The van der Waals surface area contributed by atoms with Gasteiger partial charge in [-0.2, -0.15) is 0 Å². The molecule has 0 aliphatic heterocycles. The van der Waals surface area contributed by atoms with E-state index < -0.39 is 17.8 Å². The van der Waals surface area contributed by atoms with Gasteiger partial charge in [0.25, 0.3) is 5.91 Å². The summed E-state index contributed by atoms with van der Waals surface area (Å²) in [5, 5.41) is 4.75. The number of amides is 1. The first-order valence-electron chi connectivity index (χ1n) is 9.67. The topological polar surface area (TPSA) is 86.1 Å². The third-order valence-electron chi connectivity index (χ3n) is 5.27. The predicted octanol–water partition coefficient (Wildman–Crippen LogP) is 4.88. The third-order valence-corrected chi connectivity index (χ3v) is 5.50. The number of carbonyl (C=O) groups is 3. The van der Waals surface area contributed by atoms with E-state index in [2.05, 4.69) is 5.32 Å². The molecule has 162 valence electrons. The van der Waals surface area contributed by atoms with E-state index >= 15 is 0 Å². The number of hydrogen-bond acceptors (Lipinski definition) is 5. The number of nitrogens with one attached hydrogen (secondary N) is 1. The van der Waals surface area contributed by atoms with Crippen molar-refractivity contribution < 1.29 is 23.9 Å². The van der Waals surface area contributed by atoms with E-state index in [9.17, 15) is 14.4 Å². The van der Waals surface area contributed by atoms with Crippen molar-refractivity contribution in [2.24, 2.45) is 0 Å². The molecule has 1 amide bonds. The van der Waals surface area contributed by atoms with Crippen LogP contribution in [0.4, 0.5) is 5.69 Å². The molecule has 2 heterocycles. The number of nitrogens with zero attached hydrogens (tertiary/aromatic N) is 1. The molecule has 32 heavy (non-hydrogen) atoms. The largest absolute Gasteiger partial charge is 0.465 e. The number of methoxy groups -OCH3 is 2. The van der Waals surface area contributed by atoms with Gasteiger partial charge in [-0.1, -0.05) is 41.9 Å². The van der Waals surface area contributed by atoms with Crippen LogP contribution in [0.5, 0.6) is 0 Å². The molecule has 0 atom stereocenters. The summed E-state index contributed by atoms with van der Waals surface area (Å²) in [6.07, 6.45) is 1.64. The summed E-state index contributed by atoms with van der Waals surface area (Å²) < 4.78 is 11.4. The summed E-state index contributed by atoms with van der Waals surface area (Å²) in [6.45, 7) is 1.82. The van der Waals surface area contributed by atoms with Gasteiger partial charge in [-0.25, -0.2) is 9.59 Å². The Morgan fingerprint density at radius 3 is 2.34 bits per heavy atom. The lowest BCUT2D eigenvalue weighted by molar-refractivity contribution is 0.0556. The van der Waals surface area contributed by atoms with Crippen LogP contribution in [-0.4, -0.2) is 36.5 Å². The maximum atomic E-state index is 13.5. The average Bonchev–Trinajstić information content (AvgIpc) is 3.16. The number of benzene rings is 2. The Kier molecular flexibility index (Phi) is 5.59. The van der Waals surface area contributed by atoms with Crippen molar-refractivity contribution >= 4 is 51.4 Å². The summed E-state index contributed by atoms with van der Waals surface area (Å²) in [6, 6.07) is 14.2. The van der Waals surface area contributed by atoms with Gasteiger partial charge < -0.3 is 19.2 Å². The molecule has 0 bridgehead atoms. The molecule has 0 aliphatic rings. The first-order chi connectivity index (χ1) is 15.4. The molecule has 0 fully saturated rings. The van der Waals surface area contributed by atoms with Gasteiger partial charge in [0.2, 0.25) is 0 Å². The van der Waals surface area contributed by atoms with Crippen molar-refractivity contribution in [1.82, 2.24) is 4.40 Å². The molecule has 0 aliphatic carbocycles. The van der Waals surface area contributed by atoms with Crippen LogP contribution in [0.3, 0.4) is 0 Å². The first kappa shape index (κ1) is 21.4. The Hall–Kier alpha value is -3.84. The van der Waals surface area contributed by atoms with Crippen molar-refractivity contribution in [1.29, 1.82) is 0 Å². The summed E-state index contributed by atoms with van der Waals surface area (Å²) in [5.41, 5.74) is 1.38. The van der Waals surface area contributed by atoms with Crippen LogP contribution in [0, 0.1) is 6.92 Å². The van der Waals surface area contributed by atoms with E-state index in [1.165, 1.54) is 18.6 Å². The summed E-state index contributed by atoms with van der Waals surface area (Å²) in [4.78, 5) is 39.1. The standard InChI is InChI=1S/C24H19ClN2O5/c1-13-8-9-15(25)12-17(13)26-22(28)21-19(24(30)32-3)18(23(29)31-2)20-16-7-5-4-6-14(16)10-11-27(20)21/h4-12H,1-3H3,(H,26,28). The molecule has 0 radical (unpaired) electrons. The second kappa shape index (κ2) is 8.36. The molecule has 4 rings (SSSR count). The molecular formula is C24H19ClN2O5. The van der Waals surface area contributed by atoms with Crippen LogP contribution in [0.2, 0.25) is 5.02 Å². The summed E-state index contributed by atoms with van der Waals surface area (Å²) in [7, 11) is 2.40. The maximum Gasteiger partial charge on any atom is 0.341 e. The molecule has 2 aromatic heterocycles. The molecule has 2 aromatic carbocycles. The number of ether oxygens (including phenoxy) is 2. The highest BCUT2D eigenvalue weighted by atomic mass is 35.5. The number of fused-ring (bicyclic) bond motifs is 3. The number of pyridine rings is 1. The van der Waals surface area contributed by atoms with Gasteiger partial charge in [0, 0.05) is 22.3 Å². The molecule has 7 nitrogen and oxygen atoms in total. The molecule has 8 heteroatoms. The van der Waals surface area contributed by atoms with Gasteiger partial charge in [0.15, 0.2) is 0 Å². The smallest absolute Gasteiger partial charge is 0.341 e. The first-order valence-corrected chi connectivity index (χ1v) is 10.0. The van der Waals surface area contributed by atoms with Crippen LogP contribution in [-0.2, 0) is 9.47 Å². The number of hydrogen-bond donors (Lipinski definition) is 1. The lowest BCUT2D eigenvalue weighted by Crippen LogP contribution is -2.20. The highest BCUT2D eigenvalue weighted by molar-refractivity contribution is 6.31. The quantitative estimate of drug-likeness (QED) is 0.448. The third kappa shape index (κ3) is 3.46. The number of esters is 2. The van der Waals surface area contributed by atoms with Crippen LogP contribution in [0.25, 0.3) is 16.3 Å². The number of aromatic nitrogens is 1. The van der Waals surface area contributed by atoms with Crippen LogP contribution < -0.4 is 5.32 Å². The second-order valence-corrected chi connectivity index (χ2v) is 7.55. The molecule has 0 unspecified atom stereocenters. The minimum absolute atomic E-state index is 0.0379. The number of carbonyl (C=O) groups excluding carboxylic acids is 3. The number of rotatable bonds is 4. The van der Waals surface area contributed by atoms with E-state index in [-0.39, 0.29) is 16.8 Å². The zero-order valence-electron chi connectivity index (χ0n) is 17.6. The summed E-state index contributed by atoms with van der Waals surface area (Å²) >= 11 is 6.08. The molecular weight excluding hydrogens is 432 g/mol. The van der Waals surface area contributed by atoms with E-state index in [0.29, 0.717) is 21.6 Å². The van der Waals surface area contributed by atoms with Gasteiger partial charge >= 0.3 is 11.9 Å². The summed E-state index contributed by atoms with van der Waals surface area (Å²) in [5.74, 6) is -2.18. The second-order valence-electron chi connectivity index (χ2n) is 7.12. The van der Waals surface area contributed by atoms with Crippen LogP contribution >= 0.6 is 11.6 Å². The van der Waals surface area contributed by atoms with Crippen molar-refractivity contribution in [3.05, 3.63) is 82.1 Å². The van der Waals surface area contributed by atoms with Crippen LogP contribution in [0.1, 0.15) is 36.8 Å². The fourth-order valence-corrected chi connectivity index (χ4v) is 3.92. The van der Waals surface area contributed by atoms with E-state index in [1.807, 2.05) is 25.1 Å². The Bertz CT molecular complexity index is 1410. The molecule has 4 aromatic rings. The maximum absolute atomic E-state index is 13.5. The van der Waals surface area contributed by atoms with Gasteiger partial charge in [-0.3, -0.25) is 4.79 Å². The Balaban J connectivity index is 2.06. The van der Waals surface area contributed by atoms with Gasteiger partial charge in [-0.15, -0.1) is 0 Å². The number of aryl methyl sites for hydroxylation is 1. The van der Waals surface area contributed by atoms with Crippen molar-refractivity contribution in [3.8, 4) is 0 Å². The highest BCUT2D eigenvalue weighted by Crippen LogP contribution is 2.32. The van der Waals surface area contributed by atoms with Gasteiger partial charge in [-0.05, 0) is 36.1 Å². The van der Waals surface area contributed by atoms with Crippen molar-refractivity contribution in [2.45, 2.75) is 6.92 Å². The Morgan fingerprint density at radius 2 is 1.62 bits per heavy atom. The highest BCUT2D eigenvalue weighted by Gasteiger charge is 2.33. The van der Waals surface area contributed by atoms with Crippen LogP contribution in [0.15, 0.2) is 54.7 Å². The van der Waals surface area contributed by atoms with Crippen molar-refractivity contribution in [2.75, 3.05) is 19.5 Å². The van der Waals surface area contributed by atoms with Gasteiger partial charge in [0.05, 0.1) is 19.7 Å².